The van der Waals surface area contributed by atoms with Gasteiger partial charge >= 0.3 is 37.9 Å². The Balaban J connectivity index is 0. The summed E-state index contributed by atoms with van der Waals surface area (Å²) < 4.78 is 0. The van der Waals surface area contributed by atoms with Crippen molar-refractivity contribution in [3.05, 3.63) is 57.6 Å². The van der Waals surface area contributed by atoms with Gasteiger partial charge in [0.1, 0.15) is 0 Å². The van der Waals surface area contributed by atoms with Crippen molar-refractivity contribution in [3.8, 4) is 0 Å². The predicted molar refractivity (Wildman–Crippen MR) is 103 cm³/mol. The van der Waals surface area contributed by atoms with Crippen molar-refractivity contribution in [2.24, 2.45) is 0 Å². The summed E-state index contributed by atoms with van der Waals surface area (Å²) in [7, 11) is 10.6. The molecule has 0 atom stereocenters. The molecule has 0 aliphatic rings. The van der Waals surface area contributed by atoms with Crippen LogP contribution in [0.2, 0.25) is 13.1 Å². The quantitative estimate of drug-likeness (QED) is 0.325. The molecule has 0 aliphatic carbocycles. The zero-order chi connectivity index (χ0) is 17.7. The minimum atomic E-state index is -0.826. The van der Waals surface area contributed by atoms with Gasteiger partial charge < -0.3 is 0 Å². The number of aryl methyl sites for hydroxylation is 4. The molecular formula is C18H29Cl2SiZr. The maximum atomic E-state index is 4.93. The maximum absolute atomic E-state index is 4.93. The van der Waals surface area contributed by atoms with Crippen LogP contribution < -0.4 is 0 Å². The van der Waals surface area contributed by atoms with Gasteiger partial charge in [0.15, 0.2) is 0 Å². The van der Waals surface area contributed by atoms with Gasteiger partial charge in [-0.2, -0.15) is 45.5 Å². The SMILES string of the molecule is C[SiH]C.Cc1c[c-](C)c(C)c1C.Cc1ccc[c-]1C.[Cl][Zr+2][Cl]. The molecule has 123 valence electrons. The number of hydrogen-bond donors (Lipinski definition) is 0. The molecule has 0 aromatic heterocycles. The zero-order valence-electron chi connectivity index (χ0n) is 15.1. The van der Waals surface area contributed by atoms with Crippen LogP contribution in [-0.2, 0) is 20.8 Å². The molecule has 0 spiro atoms. The van der Waals surface area contributed by atoms with Crippen LogP contribution in [0.15, 0.2) is 24.3 Å². The Bertz CT molecular complexity index is 460. The van der Waals surface area contributed by atoms with Crippen molar-refractivity contribution in [1.29, 1.82) is 0 Å². The number of rotatable bonds is 0. The zero-order valence-corrected chi connectivity index (χ0v) is 20.3. The van der Waals surface area contributed by atoms with Crippen LogP contribution in [0.3, 0.4) is 0 Å². The van der Waals surface area contributed by atoms with Crippen molar-refractivity contribution in [1.82, 2.24) is 0 Å². The van der Waals surface area contributed by atoms with Crippen molar-refractivity contribution in [2.75, 3.05) is 0 Å². The fourth-order valence-electron chi connectivity index (χ4n) is 1.73. The normalized spacial score (nSPS) is 8.45. The molecule has 0 saturated carbocycles. The summed E-state index contributed by atoms with van der Waals surface area (Å²) in [5.41, 5.74) is 8.52. The molecule has 0 aliphatic heterocycles. The second-order valence-electron chi connectivity index (χ2n) is 5.30. The Morgan fingerprint density at radius 1 is 1.00 bits per heavy atom. The Morgan fingerprint density at radius 3 is 1.55 bits per heavy atom. The molecule has 0 nitrogen and oxygen atoms in total. The Hall–Kier alpha value is 0.380. The fraction of sp³-hybridized carbons (Fsp3) is 0.444. The molecule has 0 saturated heterocycles. The summed E-state index contributed by atoms with van der Waals surface area (Å²) in [6.07, 6.45) is 0. The van der Waals surface area contributed by atoms with E-state index in [1.54, 1.807) is 0 Å². The average molecular weight is 436 g/mol. The summed E-state index contributed by atoms with van der Waals surface area (Å²) in [4.78, 5) is 0. The first-order valence-electron chi connectivity index (χ1n) is 7.35. The van der Waals surface area contributed by atoms with Gasteiger partial charge in [0.05, 0.1) is 0 Å². The second kappa shape index (κ2) is 14.9. The van der Waals surface area contributed by atoms with E-state index in [0.29, 0.717) is 0 Å². The number of hydrogen-bond acceptors (Lipinski definition) is 0. The first-order chi connectivity index (χ1) is 10.3. The Morgan fingerprint density at radius 2 is 1.45 bits per heavy atom. The van der Waals surface area contributed by atoms with E-state index in [0.717, 1.165) is 9.52 Å². The average Bonchev–Trinajstić information content (AvgIpc) is 2.92. The van der Waals surface area contributed by atoms with Crippen LogP contribution in [-0.4, -0.2) is 9.52 Å². The van der Waals surface area contributed by atoms with Gasteiger partial charge in [-0.15, -0.1) is 0 Å². The predicted octanol–water partition coefficient (Wildman–Crippen LogP) is 6.56. The van der Waals surface area contributed by atoms with Gasteiger partial charge in [0, 0.05) is 9.52 Å². The van der Waals surface area contributed by atoms with Crippen molar-refractivity contribution < 1.29 is 20.8 Å². The van der Waals surface area contributed by atoms with Crippen LogP contribution in [0.1, 0.15) is 33.4 Å². The van der Waals surface area contributed by atoms with E-state index in [1.807, 2.05) is 0 Å². The van der Waals surface area contributed by atoms with Crippen LogP contribution in [0, 0.1) is 41.5 Å². The summed E-state index contributed by atoms with van der Waals surface area (Å²) in [6, 6.07) is 8.56. The molecule has 0 fully saturated rings. The van der Waals surface area contributed by atoms with Gasteiger partial charge in [-0.05, 0) is 0 Å². The summed E-state index contributed by atoms with van der Waals surface area (Å²) in [5.74, 6) is 0. The molecular weight excluding hydrogens is 406 g/mol. The molecule has 1 radical (unpaired) electrons. The van der Waals surface area contributed by atoms with E-state index < -0.39 is 20.8 Å². The molecule has 0 heterocycles. The molecule has 22 heavy (non-hydrogen) atoms. The molecule has 2 aromatic carbocycles. The van der Waals surface area contributed by atoms with Gasteiger partial charge in [-0.25, -0.2) is 12.1 Å². The van der Waals surface area contributed by atoms with Crippen LogP contribution in [0.25, 0.3) is 0 Å². The van der Waals surface area contributed by atoms with E-state index in [-0.39, 0.29) is 0 Å². The van der Waals surface area contributed by atoms with Crippen molar-refractivity contribution in [2.45, 2.75) is 54.6 Å². The van der Waals surface area contributed by atoms with E-state index in [1.165, 1.54) is 33.4 Å². The van der Waals surface area contributed by atoms with Crippen molar-refractivity contribution >= 4 is 26.5 Å². The van der Waals surface area contributed by atoms with Gasteiger partial charge in [0.2, 0.25) is 0 Å². The molecule has 2 aromatic rings. The second-order valence-corrected chi connectivity index (χ2v) is 10.2. The molecule has 0 N–H and O–H groups in total. The van der Waals surface area contributed by atoms with Crippen LogP contribution >= 0.6 is 17.0 Å². The first-order valence-corrected chi connectivity index (χ1v) is 16.0. The summed E-state index contributed by atoms with van der Waals surface area (Å²) in [5, 5.41) is 0. The molecule has 0 amide bonds. The minimum absolute atomic E-state index is 0.750. The third kappa shape index (κ3) is 11.0. The third-order valence-electron chi connectivity index (χ3n) is 3.49. The molecule has 4 heteroatoms. The fourth-order valence-corrected chi connectivity index (χ4v) is 1.73. The molecule has 0 unspecified atom stereocenters. The third-order valence-corrected chi connectivity index (χ3v) is 3.49. The molecule has 2 rings (SSSR count). The first kappa shape index (κ1) is 24.6. The summed E-state index contributed by atoms with van der Waals surface area (Å²) >= 11 is -0.826. The monoisotopic (exact) mass is 433 g/mol. The van der Waals surface area contributed by atoms with E-state index >= 15 is 0 Å². The van der Waals surface area contributed by atoms with Gasteiger partial charge in [-0.3, -0.25) is 0 Å². The van der Waals surface area contributed by atoms with Crippen LogP contribution in [0.5, 0.6) is 0 Å². The standard InChI is InChI=1S/C9H13.C7H9.C2H7Si.2ClH.Zr/c1-6-5-7(2)9(4)8(6)3;1-6-4-3-5-7(6)2;1-3-2;;;/h5H,1-4H3;3-5H,1-2H3;3H,1-2H3;2*1H;/q2*-1;;;;+4/p-2. The van der Waals surface area contributed by atoms with Gasteiger partial charge in [-0.1, -0.05) is 54.6 Å². The van der Waals surface area contributed by atoms with E-state index in [9.17, 15) is 0 Å². The number of halogens is 2. The topological polar surface area (TPSA) is 0 Å². The Labute approximate surface area is 158 Å². The van der Waals surface area contributed by atoms with E-state index in [2.05, 4.69) is 78.9 Å². The van der Waals surface area contributed by atoms with Crippen LogP contribution in [0.4, 0.5) is 0 Å². The van der Waals surface area contributed by atoms with Gasteiger partial charge in [0.25, 0.3) is 0 Å². The Kier molecular flexibility index (Phi) is 16.7. The summed E-state index contributed by atoms with van der Waals surface area (Å²) in [6.45, 7) is 17.3. The molecule has 0 bridgehead atoms. The van der Waals surface area contributed by atoms with E-state index in [4.69, 9.17) is 17.0 Å². The van der Waals surface area contributed by atoms with Crippen molar-refractivity contribution in [3.63, 3.8) is 0 Å².